The number of nitrogens with zero attached hydrogens (tertiary/aromatic N) is 7. The number of carbonyl (C=O) groups is 1. The van der Waals surface area contributed by atoms with Gasteiger partial charge < -0.3 is 10.2 Å². The van der Waals surface area contributed by atoms with Crippen molar-refractivity contribution in [2.45, 2.75) is 38.4 Å². The first kappa shape index (κ1) is 19.1. The van der Waals surface area contributed by atoms with Crippen LogP contribution < -0.4 is 10.2 Å². The van der Waals surface area contributed by atoms with Crippen LogP contribution in [-0.2, 0) is 6.54 Å². The van der Waals surface area contributed by atoms with E-state index in [4.69, 9.17) is 9.97 Å². The van der Waals surface area contributed by atoms with E-state index in [9.17, 15) is 4.79 Å². The molecule has 148 valence electrons. The molecule has 1 amide bonds. The Labute approximate surface area is 171 Å². The van der Waals surface area contributed by atoms with Crippen molar-refractivity contribution in [3.8, 4) is 0 Å². The number of anilines is 1. The van der Waals surface area contributed by atoms with E-state index in [-0.39, 0.29) is 5.91 Å². The highest BCUT2D eigenvalue weighted by molar-refractivity contribution is 7.99. The van der Waals surface area contributed by atoms with Crippen molar-refractivity contribution in [3.05, 3.63) is 16.8 Å². The van der Waals surface area contributed by atoms with Gasteiger partial charge in [-0.05, 0) is 37.1 Å². The van der Waals surface area contributed by atoms with Crippen LogP contribution in [0.25, 0.3) is 11.0 Å². The molecule has 4 heterocycles. The van der Waals surface area contributed by atoms with Crippen molar-refractivity contribution in [1.82, 2.24) is 34.7 Å². The van der Waals surface area contributed by atoms with Crippen LogP contribution in [0.2, 0.25) is 0 Å². The summed E-state index contributed by atoms with van der Waals surface area (Å²) in [5.41, 5.74) is 1.47. The lowest BCUT2D eigenvalue weighted by atomic mass is 10.3. The number of rotatable bonds is 7. The Hall–Kier alpha value is -2.27. The highest BCUT2D eigenvalue weighted by Gasteiger charge is 2.21. The molecule has 0 radical (unpaired) electrons. The first-order chi connectivity index (χ1) is 13.7. The number of carbonyl (C=O) groups excluding carboxylic acids is 1. The highest BCUT2D eigenvalue weighted by Crippen LogP contribution is 2.29. The minimum atomic E-state index is -0.154. The summed E-state index contributed by atoms with van der Waals surface area (Å²) in [5.74, 6) is 1.73. The van der Waals surface area contributed by atoms with Crippen LogP contribution in [0.1, 0.15) is 35.1 Å². The zero-order valence-electron chi connectivity index (χ0n) is 15.9. The van der Waals surface area contributed by atoms with Crippen molar-refractivity contribution >= 4 is 46.1 Å². The largest absolute Gasteiger partial charge is 0.356 e. The summed E-state index contributed by atoms with van der Waals surface area (Å²) < 4.78 is 5.65. The van der Waals surface area contributed by atoms with Crippen molar-refractivity contribution in [1.29, 1.82) is 0 Å². The van der Waals surface area contributed by atoms with E-state index in [1.807, 2.05) is 10.9 Å². The van der Waals surface area contributed by atoms with Crippen molar-refractivity contribution < 1.29 is 4.79 Å². The minimum Gasteiger partial charge on any atom is -0.356 e. The van der Waals surface area contributed by atoms with Gasteiger partial charge in [0.2, 0.25) is 0 Å². The van der Waals surface area contributed by atoms with Gasteiger partial charge in [0.15, 0.2) is 10.8 Å². The Morgan fingerprint density at radius 1 is 1.32 bits per heavy atom. The van der Waals surface area contributed by atoms with Gasteiger partial charge in [-0.2, -0.15) is 5.10 Å². The van der Waals surface area contributed by atoms with E-state index < -0.39 is 0 Å². The summed E-state index contributed by atoms with van der Waals surface area (Å²) >= 11 is 2.74. The molecule has 1 aliphatic heterocycles. The van der Waals surface area contributed by atoms with Crippen LogP contribution >= 0.6 is 23.3 Å². The Balaban J connectivity index is 1.54. The van der Waals surface area contributed by atoms with Gasteiger partial charge in [0.1, 0.15) is 10.7 Å². The number of amides is 1. The van der Waals surface area contributed by atoms with Crippen LogP contribution in [0.5, 0.6) is 0 Å². The van der Waals surface area contributed by atoms with E-state index in [1.54, 1.807) is 18.7 Å². The fraction of sp³-hybridized carbons (Fsp3) is 0.529. The van der Waals surface area contributed by atoms with Gasteiger partial charge in [0.25, 0.3) is 5.91 Å². The monoisotopic (exact) mass is 418 g/mol. The topological polar surface area (TPSA) is 102 Å². The molecule has 28 heavy (non-hydrogen) atoms. The number of aromatic nitrogens is 6. The second-order valence-corrected chi connectivity index (χ2v) is 8.49. The van der Waals surface area contributed by atoms with Gasteiger partial charge >= 0.3 is 0 Å². The predicted molar refractivity (Wildman–Crippen MR) is 110 cm³/mol. The lowest BCUT2D eigenvalue weighted by Gasteiger charge is -2.17. The third kappa shape index (κ3) is 3.81. The van der Waals surface area contributed by atoms with Crippen LogP contribution in [0.4, 0.5) is 5.82 Å². The molecule has 0 saturated carbocycles. The zero-order valence-corrected chi connectivity index (χ0v) is 17.5. The molecule has 0 bridgehead atoms. The average molecular weight is 419 g/mol. The minimum absolute atomic E-state index is 0.154. The van der Waals surface area contributed by atoms with E-state index in [1.165, 1.54) is 12.8 Å². The molecule has 0 aromatic carbocycles. The fourth-order valence-electron chi connectivity index (χ4n) is 3.24. The first-order valence-electron chi connectivity index (χ1n) is 9.36. The molecule has 0 aliphatic carbocycles. The molecule has 1 saturated heterocycles. The lowest BCUT2D eigenvalue weighted by molar-refractivity contribution is 0.0955. The molecular weight excluding hydrogens is 396 g/mol. The molecule has 11 heteroatoms. The molecule has 0 atom stereocenters. The summed E-state index contributed by atoms with van der Waals surface area (Å²) in [4.78, 5) is 24.6. The van der Waals surface area contributed by atoms with E-state index in [0.29, 0.717) is 23.7 Å². The smallest absolute Gasteiger partial charge is 0.265 e. The number of fused-ring (bicyclic) bond motifs is 1. The summed E-state index contributed by atoms with van der Waals surface area (Å²) in [5, 5.41) is 13.0. The molecule has 1 fully saturated rings. The van der Waals surface area contributed by atoms with Crippen molar-refractivity contribution in [2.75, 3.05) is 30.3 Å². The third-order valence-electron chi connectivity index (χ3n) is 4.60. The zero-order chi connectivity index (χ0) is 19.5. The molecule has 4 rings (SSSR count). The Morgan fingerprint density at radius 2 is 2.14 bits per heavy atom. The maximum absolute atomic E-state index is 12.2. The summed E-state index contributed by atoms with van der Waals surface area (Å²) in [6.45, 7) is 6.90. The summed E-state index contributed by atoms with van der Waals surface area (Å²) in [6, 6.07) is 0. The lowest BCUT2D eigenvalue weighted by Crippen LogP contribution is -2.27. The number of aryl methyl sites for hydroxylation is 1. The maximum atomic E-state index is 12.2. The maximum Gasteiger partial charge on any atom is 0.265 e. The van der Waals surface area contributed by atoms with Crippen LogP contribution in [-0.4, -0.2) is 60.6 Å². The summed E-state index contributed by atoms with van der Waals surface area (Å²) in [7, 11) is 0. The van der Waals surface area contributed by atoms with E-state index in [2.05, 4.69) is 31.8 Å². The second kappa shape index (κ2) is 8.39. The molecule has 1 N–H and O–H groups in total. The van der Waals surface area contributed by atoms with Crippen molar-refractivity contribution in [2.24, 2.45) is 0 Å². The van der Waals surface area contributed by atoms with Crippen LogP contribution in [0.15, 0.2) is 11.4 Å². The van der Waals surface area contributed by atoms with Gasteiger partial charge in [0, 0.05) is 19.6 Å². The number of thioether (sulfide) groups is 1. The third-order valence-corrected chi connectivity index (χ3v) is 6.16. The quantitative estimate of drug-likeness (QED) is 0.460. The normalized spacial score (nSPS) is 14.1. The average Bonchev–Trinajstić information content (AvgIpc) is 3.42. The Kier molecular flexibility index (Phi) is 5.72. The van der Waals surface area contributed by atoms with Gasteiger partial charge in [-0.3, -0.25) is 4.79 Å². The molecule has 9 nitrogen and oxygen atoms in total. The van der Waals surface area contributed by atoms with Gasteiger partial charge in [0.05, 0.1) is 23.8 Å². The predicted octanol–water partition coefficient (Wildman–Crippen LogP) is 2.13. The molecule has 0 spiro atoms. The highest BCUT2D eigenvalue weighted by atomic mass is 32.2. The van der Waals surface area contributed by atoms with Gasteiger partial charge in [-0.25, -0.2) is 14.6 Å². The van der Waals surface area contributed by atoms with Gasteiger partial charge in [-0.15, -0.1) is 5.10 Å². The number of nitrogens with one attached hydrogen (secondary N) is 1. The van der Waals surface area contributed by atoms with E-state index >= 15 is 0 Å². The standard InChI is InChI=1S/C17H22N8OS2/c1-3-27-17-20-14(24-7-4-5-8-24)12-10-19-25(15(12)21-17)9-6-18-16(26)13-11(2)22-23-28-13/h10H,3-9H2,1-2H3,(H,18,26). The van der Waals surface area contributed by atoms with Crippen LogP contribution in [0.3, 0.4) is 0 Å². The Bertz CT molecular complexity index is 979. The van der Waals surface area contributed by atoms with Gasteiger partial charge in [-0.1, -0.05) is 23.2 Å². The molecule has 0 unspecified atom stereocenters. The fourth-order valence-corrected chi connectivity index (χ4v) is 4.38. The number of hydrogen-bond donors (Lipinski definition) is 1. The first-order valence-corrected chi connectivity index (χ1v) is 11.1. The van der Waals surface area contributed by atoms with Crippen LogP contribution in [0, 0.1) is 6.92 Å². The molecule has 3 aromatic heterocycles. The van der Waals surface area contributed by atoms with Crippen molar-refractivity contribution in [3.63, 3.8) is 0 Å². The summed E-state index contributed by atoms with van der Waals surface area (Å²) in [6.07, 6.45) is 4.21. The molecule has 3 aromatic rings. The molecule has 1 aliphatic rings. The number of hydrogen-bond acceptors (Lipinski definition) is 9. The Morgan fingerprint density at radius 3 is 2.86 bits per heavy atom. The molecular formula is C17H22N8OS2. The van der Waals surface area contributed by atoms with E-state index in [0.717, 1.165) is 52.4 Å². The second-order valence-electron chi connectivity index (χ2n) is 6.51. The SMILES string of the molecule is CCSc1nc(N2CCCC2)c2cnn(CCNC(=O)c3snnc3C)c2n1.